The molecule has 144 valence electrons. The number of benzene rings is 2. The van der Waals surface area contributed by atoms with Gasteiger partial charge in [-0.15, -0.1) is 0 Å². The van der Waals surface area contributed by atoms with Gasteiger partial charge in [0.25, 0.3) is 11.5 Å². The number of hydrogen-bond donors (Lipinski definition) is 1. The molecule has 28 heavy (non-hydrogen) atoms. The second-order valence-corrected chi connectivity index (χ2v) is 6.31. The molecule has 0 aliphatic heterocycles. The first-order valence-corrected chi connectivity index (χ1v) is 8.81. The zero-order valence-electron chi connectivity index (χ0n) is 16.1. The molecule has 0 aliphatic carbocycles. The van der Waals surface area contributed by atoms with Crippen molar-refractivity contribution in [3.8, 4) is 11.5 Å². The van der Waals surface area contributed by atoms with E-state index in [0.717, 1.165) is 11.1 Å². The molecule has 0 atom stereocenters. The molecule has 3 aromatic rings. The van der Waals surface area contributed by atoms with Gasteiger partial charge in [-0.2, -0.15) is 0 Å². The van der Waals surface area contributed by atoms with Crippen LogP contribution in [-0.2, 0) is 6.54 Å². The van der Waals surface area contributed by atoms with Crippen LogP contribution in [0.4, 0.5) is 5.69 Å². The van der Waals surface area contributed by atoms with Gasteiger partial charge in [-0.05, 0) is 42.3 Å². The number of carbonyl (C=O) groups is 1. The van der Waals surface area contributed by atoms with E-state index in [0.29, 0.717) is 23.7 Å². The second-order valence-electron chi connectivity index (χ2n) is 6.31. The number of aromatic nitrogens is 1. The van der Waals surface area contributed by atoms with Gasteiger partial charge in [-0.1, -0.05) is 24.3 Å². The van der Waals surface area contributed by atoms with Crippen molar-refractivity contribution in [2.24, 2.45) is 0 Å². The molecule has 0 saturated carbocycles. The molecule has 1 heterocycles. The van der Waals surface area contributed by atoms with Crippen molar-refractivity contribution < 1.29 is 14.3 Å². The minimum Gasteiger partial charge on any atom is -0.493 e. The fourth-order valence-electron chi connectivity index (χ4n) is 2.92. The van der Waals surface area contributed by atoms with Crippen LogP contribution in [0, 0.1) is 6.92 Å². The van der Waals surface area contributed by atoms with Crippen LogP contribution in [0.25, 0.3) is 0 Å². The van der Waals surface area contributed by atoms with Crippen LogP contribution in [0.1, 0.15) is 21.5 Å². The highest BCUT2D eigenvalue weighted by atomic mass is 16.5. The fourth-order valence-corrected chi connectivity index (χ4v) is 2.92. The lowest BCUT2D eigenvalue weighted by Gasteiger charge is -2.12. The Kier molecular flexibility index (Phi) is 5.79. The van der Waals surface area contributed by atoms with E-state index in [4.69, 9.17) is 9.47 Å². The van der Waals surface area contributed by atoms with E-state index in [9.17, 15) is 9.59 Å². The van der Waals surface area contributed by atoms with Gasteiger partial charge in [0.15, 0.2) is 11.5 Å². The number of anilines is 1. The Morgan fingerprint density at radius 2 is 1.75 bits per heavy atom. The quantitative estimate of drug-likeness (QED) is 0.713. The highest BCUT2D eigenvalue weighted by Crippen LogP contribution is 2.29. The first kappa shape index (κ1) is 19.2. The van der Waals surface area contributed by atoms with E-state index in [2.05, 4.69) is 5.32 Å². The number of ether oxygens (including phenoxy) is 2. The number of carbonyl (C=O) groups excluding carboxylic acids is 1. The van der Waals surface area contributed by atoms with Gasteiger partial charge >= 0.3 is 0 Å². The summed E-state index contributed by atoms with van der Waals surface area (Å²) in [5, 5.41) is 2.74. The van der Waals surface area contributed by atoms with E-state index < -0.39 is 5.91 Å². The fraction of sp³-hybridized carbons (Fsp3) is 0.182. The van der Waals surface area contributed by atoms with Gasteiger partial charge in [0.2, 0.25) is 0 Å². The Morgan fingerprint density at radius 3 is 2.46 bits per heavy atom. The van der Waals surface area contributed by atoms with Gasteiger partial charge in [0.05, 0.1) is 20.8 Å². The Morgan fingerprint density at radius 1 is 1.00 bits per heavy atom. The third-order valence-electron chi connectivity index (χ3n) is 4.51. The molecule has 2 aromatic carbocycles. The van der Waals surface area contributed by atoms with Crippen LogP contribution in [0.5, 0.6) is 11.5 Å². The zero-order valence-corrected chi connectivity index (χ0v) is 16.1. The molecule has 6 nitrogen and oxygen atoms in total. The van der Waals surface area contributed by atoms with E-state index in [-0.39, 0.29) is 11.1 Å². The summed E-state index contributed by atoms with van der Waals surface area (Å²) >= 11 is 0. The number of aryl methyl sites for hydroxylation is 1. The summed E-state index contributed by atoms with van der Waals surface area (Å²) in [7, 11) is 3.06. The average Bonchev–Trinajstić information content (AvgIpc) is 2.71. The van der Waals surface area contributed by atoms with Crippen molar-refractivity contribution in [1.82, 2.24) is 4.57 Å². The predicted octanol–water partition coefficient (Wildman–Crippen LogP) is 3.47. The lowest BCUT2D eigenvalue weighted by molar-refractivity contribution is 0.102. The molecule has 0 spiro atoms. The van der Waals surface area contributed by atoms with Crippen molar-refractivity contribution in [3.63, 3.8) is 0 Å². The number of methoxy groups -OCH3 is 2. The first-order valence-electron chi connectivity index (χ1n) is 8.81. The summed E-state index contributed by atoms with van der Waals surface area (Å²) in [5.74, 6) is 0.572. The highest BCUT2D eigenvalue weighted by molar-refractivity contribution is 6.04. The predicted molar refractivity (Wildman–Crippen MR) is 108 cm³/mol. The highest BCUT2D eigenvalue weighted by Gasteiger charge is 2.14. The largest absolute Gasteiger partial charge is 0.493 e. The molecular formula is C22H22N2O4. The lowest BCUT2D eigenvalue weighted by atomic mass is 10.1. The summed E-state index contributed by atoms with van der Waals surface area (Å²) in [6, 6.07) is 16.1. The van der Waals surface area contributed by atoms with Crippen molar-refractivity contribution in [1.29, 1.82) is 0 Å². The molecule has 0 radical (unpaired) electrons. The number of rotatable bonds is 6. The van der Waals surface area contributed by atoms with Gasteiger partial charge in [0, 0.05) is 18.0 Å². The Bertz CT molecular complexity index is 1060. The molecule has 1 N–H and O–H groups in total. The van der Waals surface area contributed by atoms with Gasteiger partial charge in [-0.25, -0.2) is 0 Å². The molecule has 1 aromatic heterocycles. The molecule has 0 aliphatic rings. The van der Waals surface area contributed by atoms with E-state index in [1.165, 1.54) is 24.9 Å². The van der Waals surface area contributed by atoms with Gasteiger partial charge in [0.1, 0.15) is 5.56 Å². The first-order chi connectivity index (χ1) is 13.5. The molecule has 1 amide bonds. The third-order valence-corrected chi connectivity index (χ3v) is 4.51. The summed E-state index contributed by atoms with van der Waals surface area (Å²) < 4.78 is 12.0. The smallest absolute Gasteiger partial charge is 0.263 e. The van der Waals surface area contributed by atoms with Crippen molar-refractivity contribution in [2.45, 2.75) is 13.5 Å². The Hall–Kier alpha value is -3.54. The summed E-state index contributed by atoms with van der Waals surface area (Å²) in [6.07, 6.45) is 1.68. The van der Waals surface area contributed by atoms with Crippen LogP contribution in [0.15, 0.2) is 65.6 Å². The van der Waals surface area contributed by atoms with Gasteiger partial charge < -0.3 is 19.4 Å². The number of amides is 1. The van der Waals surface area contributed by atoms with E-state index >= 15 is 0 Å². The topological polar surface area (TPSA) is 69.6 Å². The number of pyridine rings is 1. The number of nitrogens with one attached hydrogen (secondary N) is 1. The van der Waals surface area contributed by atoms with Crippen molar-refractivity contribution in [3.05, 3.63) is 87.8 Å². The summed E-state index contributed by atoms with van der Waals surface area (Å²) in [5.41, 5.74) is 2.36. The van der Waals surface area contributed by atoms with E-state index in [1.807, 2.05) is 31.2 Å². The van der Waals surface area contributed by atoms with Crippen LogP contribution < -0.4 is 20.3 Å². The molecular weight excluding hydrogens is 356 g/mol. The normalized spacial score (nSPS) is 10.4. The summed E-state index contributed by atoms with van der Waals surface area (Å²) in [4.78, 5) is 25.5. The second kappa shape index (κ2) is 8.43. The van der Waals surface area contributed by atoms with Crippen molar-refractivity contribution >= 4 is 11.6 Å². The zero-order chi connectivity index (χ0) is 20.1. The van der Waals surface area contributed by atoms with Crippen LogP contribution in [0.2, 0.25) is 0 Å². The van der Waals surface area contributed by atoms with Crippen LogP contribution in [0.3, 0.4) is 0 Å². The molecule has 6 heteroatoms. The lowest BCUT2D eigenvalue weighted by Crippen LogP contribution is -2.29. The third kappa shape index (κ3) is 4.06. The minimum absolute atomic E-state index is 0.0749. The molecule has 0 bridgehead atoms. The SMILES string of the molecule is COc1ccc(NC(=O)c2cccn(Cc3ccccc3C)c2=O)cc1OC. The van der Waals surface area contributed by atoms with Crippen LogP contribution in [-0.4, -0.2) is 24.7 Å². The summed E-state index contributed by atoms with van der Waals surface area (Å²) in [6.45, 7) is 2.40. The number of nitrogens with zero attached hydrogens (tertiary/aromatic N) is 1. The molecule has 0 saturated heterocycles. The van der Waals surface area contributed by atoms with Crippen molar-refractivity contribution in [2.75, 3.05) is 19.5 Å². The van der Waals surface area contributed by atoms with Gasteiger partial charge in [-0.3, -0.25) is 9.59 Å². The maximum atomic E-state index is 12.8. The maximum absolute atomic E-state index is 12.8. The molecule has 0 fully saturated rings. The number of hydrogen-bond acceptors (Lipinski definition) is 4. The van der Waals surface area contributed by atoms with Crippen LogP contribution >= 0.6 is 0 Å². The molecule has 0 unspecified atom stereocenters. The molecule has 3 rings (SSSR count). The maximum Gasteiger partial charge on any atom is 0.263 e. The minimum atomic E-state index is -0.476. The van der Waals surface area contributed by atoms with E-state index in [1.54, 1.807) is 30.5 Å². The Balaban J connectivity index is 1.85. The standard InChI is InChI=1S/C22H22N2O4/c1-15-7-4-5-8-16(15)14-24-12-6-9-18(22(24)26)21(25)23-17-10-11-19(27-2)20(13-17)28-3/h4-13H,14H2,1-3H3,(H,23,25). The Labute approximate surface area is 163 Å². The monoisotopic (exact) mass is 378 g/mol. The average molecular weight is 378 g/mol.